The highest BCUT2D eigenvalue weighted by Crippen LogP contribution is 2.21. The van der Waals surface area contributed by atoms with Crippen LogP contribution in [0.4, 0.5) is 0 Å². The molecule has 3 rings (SSSR count). The van der Waals surface area contributed by atoms with E-state index in [0.717, 1.165) is 58.0 Å². The summed E-state index contributed by atoms with van der Waals surface area (Å²) in [6, 6.07) is 9.39. The molecule has 156 valence electrons. The van der Waals surface area contributed by atoms with E-state index in [4.69, 9.17) is 0 Å². The first-order valence-electron chi connectivity index (χ1n) is 11.5. The third kappa shape index (κ3) is 6.05. The van der Waals surface area contributed by atoms with E-state index >= 15 is 0 Å². The molecule has 0 aromatic heterocycles. The summed E-state index contributed by atoms with van der Waals surface area (Å²) in [6.07, 6.45) is 8.38. The number of piperidine rings is 2. The van der Waals surface area contributed by atoms with Gasteiger partial charge in [0.25, 0.3) is 0 Å². The lowest BCUT2D eigenvalue weighted by Crippen LogP contribution is -2.42. The molecule has 4 nitrogen and oxygen atoms in total. The molecule has 1 N–H and O–H groups in total. The van der Waals surface area contributed by atoms with Crippen LogP contribution in [0.25, 0.3) is 0 Å². The molecule has 1 atom stereocenters. The maximum atomic E-state index is 12.5. The summed E-state index contributed by atoms with van der Waals surface area (Å²) in [5.74, 6) is 0.479. The highest BCUT2D eigenvalue weighted by atomic mass is 16.1. The molecule has 1 aromatic carbocycles. The molecular formula is C24H39N3O. The van der Waals surface area contributed by atoms with Crippen LogP contribution in [0.2, 0.25) is 0 Å². The molecule has 0 saturated carbocycles. The van der Waals surface area contributed by atoms with Gasteiger partial charge in [0.1, 0.15) is 0 Å². The molecule has 4 heteroatoms. The molecule has 0 spiro atoms. The Morgan fingerprint density at radius 2 is 1.89 bits per heavy atom. The Morgan fingerprint density at radius 3 is 2.64 bits per heavy atom. The van der Waals surface area contributed by atoms with Gasteiger partial charge in [-0.1, -0.05) is 37.6 Å². The van der Waals surface area contributed by atoms with E-state index in [1.165, 1.54) is 43.4 Å². The van der Waals surface area contributed by atoms with Gasteiger partial charge in [-0.05, 0) is 76.2 Å². The van der Waals surface area contributed by atoms with Crippen LogP contribution in [-0.2, 0) is 11.3 Å². The molecule has 0 aliphatic carbocycles. The van der Waals surface area contributed by atoms with Crippen molar-refractivity contribution >= 4 is 5.91 Å². The number of nitrogens with zero attached hydrogens (tertiary/aromatic N) is 2. The van der Waals surface area contributed by atoms with E-state index in [1.54, 1.807) is 0 Å². The lowest BCUT2D eigenvalue weighted by molar-refractivity contribution is -0.126. The number of rotatable bonds is 8. The van der Waals surface area contributed by atoms with Gasteiger partial charge in [-0.3, -0.25) is 9.69 Å². The maximum absolute atomic E-state index is 12.5. The highest BCUT2D eigenvalue weighted by Gasteiger charge is 2.25. The summed E-state index contributed by atoms with van der Waals surface area (Å²) >= 11 is 0. The number of carbonyl (C=O) groups is 1. The van der Waals surface area contributed by atoms with E-state index in [2.05, 4.69) is 53.2 Å². The summed E-state index contributed by atoms with van der Waals surface area (Å²) in [5, 5.41) is 3.21. The van der Waals surface area contributed by atoms with Crippen LogP contribution in [0.5, 0.6) is 0 Å². The number of likely N-dealkylation sites (tertiary alicyclic amines) is 2. The van der Waals surface area contributed by atoms with Gasteiger partial charge < -0.3 is 10.2 Å². The van der Waals surface area contributed by atoms with Gasteiger partial charge in [0.15, 0.2) is 0 Å². The molecule has 2 fully saturated rings. The molecule has 0 radical (unpaired) electrons. The van der Waals surface area contributed by atoms with E-state index in [9.17, 15) is 4.79 Å². The Balaban J connectivity index is 1.32. The summed E-state index contributed by atoms with van der Waals surface area (Å²) in [6.45, 7) is 10.7. The second-order valence-corrected chi connectivity index (χ2v) is 8.72. The Bertz CT molecular complexity index is 610. The van der Waals surface area contributed by atoms with Gasteiger partial charge in [-0.15, -0.1) is 0 Å². The molecule has 28 heavy (non-hydrogen) atoms. The monoisotopic (exact) mass is 385 g/mol. The van der Waals surface area contributed by atoms with Crippen molar-refractivity contribution in [2.24, 2.45) is 5.92 Å². The first-order valence-corrected chi connectivity index (χ1v) is 11.5. The molecule has 1 aromatic rings. The van der Waals surface area contributed by atoms with Crippen LogP contribution in [-0.4, -0.2) is 54.5 Å². The van der Waals surface area contributed by atoms with Gasteiger partial charge in [0, 0.05) is 31.6 Å². The SMILES string of the molecule is CC[C@H]1CCCCN1CCCNC(=O)C1CCN(Cc2ccccc2C)CC1. The zero-order chi connectivity index (χ0) is 19.8. The Labute approximate surface area is 171 Å². The van der Waals surface area contributed by atoms with E-state index in [1.807, 2.05) is 0 Å². The Hall–Kier alpha value is -1.39. The zero-order valence-corrected chi connectivity index (χ0v) is 18.0. The first-order chi connectivity index (χ1) is 13.7. The summed E-state index contributed by atoms with van der Waals surface area (Å²) < 4.78 is 0. The minimum Gasteiger partial charge on any atom is -0.356 e. The van der Waals surface area contributed by atoms with Crippen molar-refractivity contribution in [2.75, 3.05) is 32.7 Å². The van der Waals surface area contributed by atoms with Crippen molar-refractivity contribution in [3.05, 3.63) is 35.4 Å². The molecule has 1 amide bonds. The van der Waals surface area contributed by atoms with Crippen LogP contribution >= 0.6 is 0 Å². The molecule has 2 aliphatic heterocycles. The molecule has 0 bridgehead atoms. The van der Waals surface area contributed by atoms with Gasteiger partial charge in [0.2, 0.25) is 5.91 Å². The minimum atomic E-state index is 0.200. The largest absolute Gasteiger partial charge is 0.356 e. The lowest BCUT2D eigenvalue weighted by atomic mass is 9.95. The smallest absolute Gasteiger partial charge is 0.223 e. The molecule has 2 heterocycles. The van der Waals surface area contributed by atoms with E-state index < -0.39 is 0 Å². The number of aryl methyl sites for hydroxylation is 1. The van der Waals surface area contributed by atoms with Crippen LogP contribution in [0, 0.1) is 12.8 Å². The number of nitrogens with one attached hydrogen (secondary N) is 1. The van der Waals surface area contributed by atoms with Crippen LogP contribution in [0.3, 0.4) is 0 Å². The van der Waals surface area contributed by atoms with E-state index in [-0.39, 0.29) is 11.8 Å². The fourth-order valence-corrected chi connectivity index (χ4v) is 4.84. The van der Waals surface area contributed by atoms with Crippen molar-refractivity contribution in [3.8, 4) is 0 Å². The highest BCUT2D eigenvalue weighted by molar-refractivity contribution is 5.78. The van der Waals surface area contributed by atoms with Gasteiger partial charge in [-0.25, -0.2) is 0 Å². The minimum absolute atomic E-state index is 0.200. The fraction of sp³-hybridized carbons (Fsp3) is 0.708. The summed E-state index contributed by atoms with van der Waals surface area (Å²) in [7, 11) is 0. The van der Waals surface area contributed by atoms with Crippen molar-refractivity contribution in [2.45, 2.75) is 71.4 Å². The topological polar surface area (TPSA) is 35.6 Å². The van der Waals surface area contributed by atoms with Crippen molar-refractivity contribution in [3.63, 3.8) is 0 Å². The van der Waals surface area contributed by atoms with Gasteiger partial charge in [0.05, 0.1) is 0 Å². The number of hydrogen-bond acceptors (Lipinski definition) is 3. The average molecular weight is 386 g/mol. The third-order valence-corrected chi connectivity index (χ3v) is 6.76. The van der Waals surface area contributed by atoms with Crippen LogP contribution in [0.15, 0.2) is 24.3 Å². The second kappa shape index (κ2) is 11.0. The first kappa shape index (κ1) is 21.3. The van der Waals surface area contributed by atoms with Crippen molar-refractivity contribution in [1.29, 1.82) is 0 Å². The van der Waals surface area contributed by atoms with Crippen molar-refractivity contribution in [1.82, 2.24) is 15.1 Å². The lowest BCUT2D eigenvalue weighted by Gasteiger charge is -2.35. The predicted molar refractivity (Wildman–Crippen MR) is 116 cm³/mol. The van der Waals surface area contributed by atoms with E-state index in [0.29, 0.717) is 0 Å². The molecular weight excluding hydrogens is 346 g/mol. The number of carbonyl (C=O) groups excluding carboxylic acids is 1. The number of benzene rings is 1. The molecule has 0 unspecified atom stereocenters. The molecule has 2 saturated heterocycles. The van der Waals surface area contributed by atoms with Crippen molar-refractivity contribution < 1.29 is 4.79 Å². The van der Waals surface area contributed by atoms with Crippen LogP contribution < -0.4 is 5.32 Å². The van der Waals surface area contributed by atoms with Gasteiger partial charge in [-0.2, -0.15) is 0 Å². The predicted octanol–water partition coefficient (Wildman–Crippen LogP) is 3.98. The zero-order valence-electron chi connectivity index (χ0n) is 18.0. The quantitative estimate of drug-likeness (QED) is 0.688. The molecule has 2 aliphatic rings. The summed E-state index contributed by atoms with van der Waals surface area (Å²) in [4.78, 5) is 17.7. The second-order valence-electron chi connectivity index (χ2n) is 8.72. The third-order valence-electron chi connectivity index (χ3n) is 6.76. The normalized spacial score (nSPS) is 22.3. The van der Waals surface area contributed by atoms with Gasteiger partial charge >= 0.3 is 0 Å². The van der Waals surface area contributed by atoms with Crippen LogP contribution in [0.1, 0.15) is 63.0 Å². The fourth-order valence-electron chi connectivity index (χ4n) is 4.84. The Kier molecular flexibility index (Phi) is 8.35. The number of amides is 1. The number of hydrogen-bond donors (Lipinski definition) is 1. The average Bonchev–Trinajstić information content (AvgIpc) is 2.73. The maximum Gasteiger partial charge on any atom is 0.223 e. The summed E-state index contributed by atoms with van der Waals surface area (Å²) in [5.41, 5.74) is 2.77. The standard InChI is InChI=1S/C24H39N3O/c1-3-23-11-6-7-15-27(23)16-8-14-25-24(28)21-12-17-26(18-13-21)19-22-10-5-4-9-20(22)2/h4-5,9-10,21,23H,3,6-8,11-19H2,1-2H3,(H,25,28)/t23-/m0/s1. The Morgan fingerprint density at radius 1 is 1.11 bits per heavy atom.